The second-order valence-corrected chi connectivity index (χ2v) is 8.46. The summed E-state index contributed by atoms with van der Waals surface area (Å²) in [7, 11) is 0. The average Bonchev–Trinajstić information content (AvgIpc) is 3.22. The first kappa shape index (κ1) is 21.8. The zero-order valence-electron chi connectivity index (χ0n) is 17.5. The third-order valence-corrected chi connectivity index (χ3v) is 6.57. The number of ether oxygens (including phenoxy) is 1. The molecular weight excluding hydrogens is 426 g/mol. The highest BCUT2D eigenvalue weighted by atomic mass is 32.1. The standard InChI is InChI=1S/C25H23NO5S/c1-2-31-25(30)21-20(17-13-7-9-15-8-3-4-10-16(15)17)14-32-23(21)26-22(27)18-11-5-6-12-19(18)24(28)29/h3-10,13-14,18-19H,2,11-12H2,1H3,(H,26,27)(H,28,29)/t18-,19+/m0/s1. The van der Waals surface area contributed by atoms with E-state index in [0.717, 1.165) is 16.3 Å². The Balaban J connectivity index is 1.74. The van der Waals surface area contributed by atoms with E-state index >= 15 is 0 Å². The molecule has 0 fully saturated rings. The van der Waals surface area contributed by atoms with Crippen LogP contribution in [0.1, 0.15) is 30.1 Å². The monoisotopic (exact) mass is 449 g/mol. The summed E-state index contributed by atoms with van der Waals surface area (Å²) in [6.45, 7) is 1.93. The number of nitrogens with one attached hydrogen (secondary N) is 1. The molecule has 2 N–H and O–H groups in total. The maximum absolute atomic E-state index is 13.0. The highest BCUT2D eigenvalue weighted by Crippen LogP contribution is 2.40. The minimum absolute atomic E-state index is 0.200. The lowest BCUT2D eigenvalue weighted by molar-refractivity contribution is -0.146. The zero-order chi connectivity index (χ0) is 22.7. The third-order valence-electron chi connectivity index (χ3n) is 5.67. The Bertz CT molecular complexity index is 1210. The largest absolute Gasteiger partial charge is 0.481 e. The highest BCUT2D eigenvalue weighted by Gasteiger charge is 2.35. The molecule has 1 heterocycles. The van der Waals surface area contributed by atoms with Crippen LogP contribution in [0.5, 0.6) is 0 Å². The smallest absolute Gasteiger partial charge is 0.341 e. The van der Waals surface area contributed by atoms with E-state index in [1.54, 1.807) is 13.0 Å². The zero-order valence-corrected chi connectivity index (χ0v) is 18.4. The quantitative estimate of drug-likeness (QED) is 0.391. The van der Waals surface area contributed by atoms with E-state index in [-0.39, 0.29) is 6.61 Å². The number of carboxylic acids is 1. The van der Waals surface area contributed by atoms with Gasteiger partial charge in [-0.15, -0.1) is 11.3 Å². The Labute approximate surface area is 189 Å². The summed E-state index contributed by atoms with van der Waals surface area (Å²) in [6.07, 6.45) is 4.27. The lowest BCUT2D eigenvalue weighted by Crippen LogP contribution is -2.34. The number of allylic oxidation sites excluding steroid dienone is 2. The first-order valence-electron chi connectivity index (χ1n) is 10.5. The van der Waals surface area contributed by atoms with E-state index in [2.05, 4.69) is 5.32 Å². The van der Waals surface area contributed by atoms with Crippen molar-refractivity contribution in [1.29, 1.82) is 0 Å². The molecule has 32 heavy (non-hydrogen) atoms. The van der Waals surface area contributed by atoms with Crippen LogP contribution < -0.4 is 5.32 Å². The van der Waals surface area contributed by atoms with Gasteiger partial charge in [-0.05, 0) is 36.1 Å². The number of esters is 1. The predicted octanol–water partition coefficient (Wildman–Crippen LogP) is 5.35. The lowest BCUT2D eigenvalue weighted by Gasteiger charge is -2.24. The molecule has 1 aromatic heterocycles. The van der Waals surface area contributed by atoms with Gasteiger partial charge >= 0.3 is 11.9 Å². The van der Waals surface area contributed by atoms with Gasteiger partial charge in [0, 0.05) is 10.9 Å². The Morgan fingerprint density at radius 3 is 2.50 bits per heavy atom. The van der Waals surface area contributed by atoms with Crippen LogP contribution in [0.2, 0.25) is 0 Å². The van der Waals surface area contributed by atoms with Crippen molar-refractivity contribution in [3.8, 4) is 11.1 Å². The third kappa shape index (κ3) is 4.16. The van der Waals surface area contributed by atoms with E-state index in [1.165, 1.54) is 11.3 Å². The van der Waals surface area contributed by atoms with Crippen LogP contribution in [0.3, 0.4) is 0 Å². The molecule has 0 bridgehead atoms. The maximum atomic E-state index is 13.0. The minimum atomic E-state index is -0.997. The van der Waals surface area contributed by atoms with Crippen LogP contribution in [0, 0.1) is 11.8 Å². The SMILES string of the molecule is CCOC(=O)c1c(-c2cccc3ccccc23)csc1NC(=O)[C@H]1CC=CC[C@H]1C(=O)O. The van der Waals surface area contributed by atoms with Crippen molar-refractivity contribution in [3.63, 3.8) is 0 Å². The van der Waals surface area contributed by atoms with Gasteiger partial charge in [-0.2, -0.15) is 0 Å². The van der Waals surface area contributed by atoms with Crippen LogP contribution in [-0.2, 0) is 14.3 Å². The molecule has 2 atom stereocenters. The van der Waals surface area contributed by atoms with Crippen LogP contribution in [-0.4, -0.2) is 29.6 Å². The Hall–Kier alpha value is -3.45. The van der Waals surface area contributed by atoms with E-state index < -0.39 is 29.7 Å². The molecule has 0 aliphatic heterocycles. The fraction of sp³-hybridized carbons (Fsp3) is 0.240. The number of aliphatic carboxylic acids is 1. The number of hydrogen-bond donors (Lipinski definition) is 2. The van der Waals surface area contributed by atoms with Crippen molar-refractivity contribution in [1.82, 2.24) is 0 Å². The minimum Gasteiger partial charge on any atom is -0.481 e. The Morgan fingerprint density at radius 1 is 1.03 bits per heavy atom. The molecule has 0 saturated carbocycles. The molecule has 1 aliphatic carbocycles. The number of rotatable bonds is 6. The van der Waals surface area contributed by atoms with E-state index in [1.807, 2.05) is 53.9 Å². The molecule has 0 unspecified atom stereocenters. The number of carbonyl (C=O) groups is 3. The summed E-state index contributed by atoms with van der Waals surface area (Å²) in [6, 6.07) is 13.7. The summed E-state index contributed by atoms with van der Waals surface area (Å²) in [5, 5.41) is 16.6. The summed E-state index contributed by atoms with van der Waals surface area (Å²) >= 11 is 1.24. The number of benzene rings is 2. The molecule has 1 aliphatic rings. The first-order chi connectivity index (χ1) is 15.5. The normalized spacial score (nSPS) is 17.8. The number of hydrogen-bond acceptors (Lipinski definition) is 5. The van der Waals surface area contributed by atoms with Gasteiger partial charge in [-0.1, -0.05) is 54.6 Å². The fourth-order valence-electron chi connectivity index (χ4n) is 4.10. The summed E-state index contributed by atoms with van der Waals surface area (Å²) in [5.41, 5.74) is 1.84. The maximum Gasteiger partial charge on any atom is 0.341 e. The van der Waals surface area contributed by atoms with Gasteiger partial charge in [0.1, 0.15) is 10.6 Å². The molecule has 0 radical (unpaired) electrons. The molecular formula is C25H23NO5S. The van der Waals surface area contributed by atoms with E-state index in [9.17, 15) is 19.5 Å². The number of amides is 1. The molecule has 2 aromatic carbocycles. The molecule has 164 valence electrons. The van der Waals surface area contributed by atoms with Gasteiger partial charge in [0.2, 0.25) is 5.91 Å². The van der Waals surface area contributed by atoms with Crippen LogP contribution in [0.4, 0.5) is 5.00 Å². The topological polar surface area (TPSA) is 92.7 Å². The molecule has 4 rings (SSSR count). The van der Waals surface area contributed by atoms with Crippen molar-refractivity contribution in [3.05, 3.63) is 65.6 Å². The van der Waals surface area contributed by atoms with E-state index in [0.29, 0.717) is 29.0 Å². The van der Waals surface area contributed by atoms with Gasteiger partial charge < -0.3 is 15.2 Å². The first-order valence-corrected chi connectivity index (χ1v) is 11.3. The second-order valence-electron chi connectivity index (χ2n) is 7.58. The van der Waals surface area contributed by atoms with Crippen molar-refractivity contribution in [2.24, 2.45) is 11.8 Å². The lowest BCUT2D eigenvalue weighted by atomic mass is 9.82. The summed E-state index contributed by atoms with van der Waals surface area (Å²) in [5.74, 6) is -3.41. The number of carbonyl (C=O) groups excluding carboxylic acids is 2. The Kier molecular flexibility index (Phi) is 6.37. The Morgan fingerprint density at radius 2 is 1.75 bits per heavy atom. The fourth-order valence-corrected chi connectivity index (χ4v) is 5.05. The molecule has 0 spiro atoms. The van der Waals surface area contributed by atoms with Crippen molar-refractivity contribution in [2.45, 2.75) is 19.8 Å². The molecule has 0 saturated heterocycles. The highest BCUT2D eigenvalue weighted by molar-refractivity contribution is 7.15. The van der Waals surface area contributed by atoms with Gasteiger partial charge in [0.25, 0.3) is 0 Å². The van der Waals surface area contributed by atoms with Crippen LogP contribution in [0.25, 0.3) is 21.9 Å². The van der Waals surface area contributed by atoms with Crippen molar-refractivity contribution in [2.75, 3.05) is 11.9 Å². The van der Waals surface area contributed by atoms with E-state index in [4.69, 9.17) is 4.74 Å². The average molecular weight is 450 g/mol. The number of fused-ring (bicyclic) bond motifs is 1. The number of anilines is 1. The van der Waals surface area contributed by atoms with Gasteiger partial charge in [0.15, 0.2) is 0 Å². The molecule has 7 heteroatoms. The van der Waals surface area contributed by atoms with Crippen molar-refractivity contribution >= 4 is 45.0 Å². The van der Waals surface area contributed by atoms with Gasteiger partial charge in [-0.25, -0.2) is 4.79 Å². The summed E-state index contributed by atoms with van der Waals surface area (Å²) < 4.78 is 5.30. The summed E-state index contributed by atoms with van der Waals surface area (Å²) in [4.78, 5) is 37.5. The van der Waals surface area contributed by atoms with Gasteiger partial charge in [-0.3, -0.25) is 9.59 Å². The van der Waals surface area contributed by atoms with Crippen molar-refractivity contribution < 1.29 is 24.2 Å². The number of carboxylic acid groups (broad SMARTS) is 1. The predicted molar refractivity (Wildman–Crippen MR) is 125 cm³/mol. The number of thiophene rings is 1. The molecule has 6 nitrogen and oxygen atoms in total. The van der Waals surface area contributed by atoms with Crippen LogP contribution in [0.15, 0.2) is 60.0 Å². The second kappa shape index (κ2) is 9.36. The van der Waals surface area contributed by atoms with Gasteiger partial charge in [0.05, 0.1) is 18.4 Å². The van der Waals surface area contributed by atoms with Crippen LogP contribution >= 0.6 is 11.3 Å². The molecule has 1 amide bonds. The molecule has 3 aromatic rings.